The highest BCUT2D eigenvalue weighted by Gasteiger charge is 2.40. The van der Waals surface area contributed by atoms with Crippen molar-refractivity contribution < 1.29 is 4.79 Å². The van der Waals surface area contributed by atoms with Crippen LogP contribution in [-0.4, -0.2) is 61.0 Å². The Morgan fingerprint density at radius 3 is 2.26 bits per heavy atom. The molecule has 0 spiro atoms. The van der Waals surface area contributed by atoms with Gasteiger partial charge in [-0.2, -0.15) is 0 Å². The third kappa shape index (κ3) is 5.17. The number of piperidine rings is 1. The van der Waals surface area contributed by atoms with Gasteiger partial charge in [0.25, 0.3) is 0 Å². The van der Waals surface area contributed by atoms with E-state index in [2.05, 4.69) is 52.4 Å². The minimum Gasteiger partial charge on any atom is -0.341 e. The zero-order valence-corrected chi connectivity index (χ0v) is 17.8. The average molecular weight is 414 g/mol. The molecule has 1 unspecified atom stereocenters. The zero-order valence-electron chi connectivity index (χ0n) is 16.2. The van der Waals surface area contributed by atoms with E-state index >= 15 is 0 Å². The molecular formula is C21H33Cl2N3O. The number of nitrogens with zero attached hydrogens (tertiary/aromatic N) is 2. The molecule has 1 aromatic rings. The summed E-state index contributed by atoms with van der Waals surface area (Å²) in [6.07, 6.45) is 3.60. The van der Waals surface area contributed by atoms with Crippen molar-refractivity contribution in [3.63, 3.8) is 0 Å². The summed E-state index contributed by atoms with van der Waals surface area (Å²) < 4.78 is 0. The standard InChI is InChI=1S/C21H31N3O.2ClH/c1-16(21(25)24-14-19-12-22-13-20(19)15-24)23-9-7-18(8-10-23)11-17-5-3-2-4-6-17;;/h2-6,16,18-20,22H,7-15H2,1H3;2*1H/t16?,19-,20+;;. The van der Waals surface area contributed by atoms with Crippen LogP contribution in [0, 0.1) is 17.8 Å². The minimum atomic E-state index is 0. The molecule has 0 aliphatic carbocycles. The Kier molecular flexibility index (Phi) is 8.41. The van der Waals surface area contributed by atoms with Gasteiger partial charge in [0, 0.05) is 26.2 Å². The third-order valence-corrected chi connectivity index (χ3v) is 6.62. The molecule has 0 saturated carbocycles. The lowest BCUT2D eigenvalue weighted by molar-refractivity contribution is -0.136. The average Bonchev–Trinajstić information content (AvgIpc) is 3.24. The summed E-state index contributed by atoms with van der Waals surface area (Å²) in [7, 11) is 0. The van der Waals surface area contributed by atoms with Gasteiger partial charge in [-0.15, -0.1) is 24.8 Å². The lowest BCUT2D eigenvalue weighted by atomic mass is 9.89. The van der Waals surface area contributed by atoms with Crippen LogP contribution in [0.2, 0.25) is 0 Å². The molecule has 3 fully saturated rings. The van der Waals surface area contributed by atoms with Crippen LogP contribution in [0.5, 0.6) is 0 Å². The zero-order chi connectivity index (χ0) is 17.2. The molecule has 3 aliphatic rings. The fourth-order valence-electron chi connectivity index (χ4n) is 4.95. The summed E-state index contributed by atoms with van der Waals surface area (Å²) in [5.74, 6) is 2.49. The second-order valence-electron chi connectivity index (χ2n) is 8.27. The Bertz CT molecular complexity index is 580. The Hall–Kier alpha value is -0.810. The fraction of sp³-hybridized carbons (Fsp3) is 0.667. The topological polar surface area (TPSA) is 35.6 Å². The van der Waals surface area contributed by atoms with E-state index in [9.17, 15) is 4.79 Å². The largest absolute Gasteiger partial charge is 0.341 e. The second-order valence-corrected chi connectivity index (χ2v) is 8.27. The number of halogens is 2. The van der Waals surface area contributed by atoms with Crippen LogP contribution in [0.4, 0.5) is 0 Å². The number of amides is 1. The molecule has 0 radical (unpaired) electrons. The van der Waals surface area contributed by atoms with Crippen LogP contribution in [0.3, 0.4) is 0 Å². The monoisotopic (exact) mass is 413 g/mol. The molecule has 4 nitrogen and oxygen atoms in total. The summed E-state index contributed by atoms with van der Waals surface area (Å²) in [5, 5.41) is 3.45. The lowest BCUT2D eigenvalue weighted by Gasteiger charge is -2.37. The van der Waals surface area contributed by atoms with Crippen LogP contribution in [0.15, 0.2) is 30.3 Å². The number of nitrogens with one attached hydrogen (secondary N) is 1. The van der Waals surface area contributed by atoms with Crippen LogP contribution in [0.1, 0.15) is 25.3 Å². The van der Waals surface area contributed by atoms with Crippen molar-refractivity contribution in [2.24, 2.45) is 17.8 Å². The van der Waals surface area contributed by atoms with Gasteiger partial charge in [-0.1, -0.05) is 30.3 Å². The molecule has 3 heterocycles. The van der Waals surface area contributed by atoms with Crippen molar-refractivity contribution >= 4 is 30.7 Å². The molecule has 4 rings (SSSR count). The molecule has 3 atom stereocenters. The van der Waals surface area contributed by atoms with Crippen molar-refractivity contribution in [2.45, 2.75) is 32.2 Å². The molecule has 3 aliphatic heterocycles. The van der Waals surface area contributed by atoms with Gasteiger partial charge in [0.1, 0.15) is 0 Å². The van der Waals surface area contributed by atoms with Gasteiger partial charge < -0.3 is 10.2 Å². The number of carbonyl (C=O) groups excluding carboxylic acids is 1. The van der Waals surface area contributed by atoms with E-state index in [1.165, 1.54) is 24.8 Å². The maximum Gasteiger partial charge on any atom is 0.239 e. The molecular weight excluding hydrogens is 381 g/mol. The quantitative estimate of drug-likeness (QED) is 0.823. The molecule has 152 valence electrons. The van der Waals surface area contributed by atoms with Gasteiger partial charge >= 0.3 is 0 Å². The summed E-state index contributed by atoms with van der Waals surface area (Å²) in [6.45, 7) is 8.35. The van der Waals surface area contributed by atoms with E-state index in [0.717, 1.165) is 45.2 Å². The van der Waals surface area contributed by atoms with Crippen molar-refractivity contribution in [1.29, 1.82) is 0 Å². The Morgan fingerprint density at radius 2 is 1.67 bits per heavy atom. The van der Waals surface area contributed by atoms with Crippen molar-refractivity contribution in [1.82, 2.24) is 15.1 Å². The molecule has 1 aromatic carbocycles. The number of hydrogen-bond donors (Lipinski definition) is 1. The fourth-order valence-corrected chi connectivity index (χ4v) is 4.95. The smallest absolute Gasteiger partial charge is 0.239 e. The van der Waals surface area contributed by atoms with Crippen LogP contribution < -0.4 is 5.32 Å². The summed E-state index contributed by atoms with van der Waals surface area (Å²) in [5.41, 5.74) is 1.45. The van der Waals surface area contributed by atoms with E-state index in [-0.39, 0.29) is 30.9 Å². The first kappa shape index (κ1) is 22.5. The number of rotatable bonds is 4. The molecule has 0 aromatic heterocycles. The molecule has 1 amide bonds. The van der Waals surface area contributed by atoms with Crippen LogP contribution in [0.25, 0.3) is 0 Å². The molecule has 6 heteroatoms. The van der Waals surface area contributed by atoms with Gasteiger partial charge in [0.15, 0.2) is 0 Å². The molecule has 0 bridgehead atoms. The highest BCUT2D eigenvalue weighted by atomic mass is 35.5. The van der Waals surface area contributed by atoms with E-state index in [4.69, 9.17) is 0 Å². The van der Waals surface area contributed by atoms with E-state index in [1.807, 2.05) is 0 Å². The first-order chi connectivity index (χ1) is 12.2. The highest BCUT2D eigenvalue weighted by Crippen LogP contribution is 2.28. The van der Waals surface area contributed by atoms with Gasteiger partial charge in [-0.3, -0.25) is 9.69 Å². The van der Waals surface area contributed by atoms with E-state index in [0.29, 0.717) is 17.7 Å². The van der Waals surface area contributed by atoms with E-state index < -0.39 is 0 Å². The van der Waals surface area contributed by atoms with Crippen molar-refractivity contribution in [2.75, 3.05) is 39.3 Å². The number of benzene rings is 1. The highest BCUT2D eigenvalue weighted by molar-refractivity contribution is 5.85. The van der Waals surface area contributed by atoms with Crippen LogP contribution >= 0.6 is 24.8 Å². The molecule has 1 N–H and O–H groups in total. The Labute approximate surface area is 175 Å². The lowest BCUT2D eigenvalue weighted by Crippen LogP contribution is -2.49. The third-order valence-electron chi connectivity index (χ3n) is 6.62. The second kappa shape index (κ2) is 10.1. The predicted molar refractivity (Wildman–Crippen MR) is 115 cm³/mol. The number of fused-ring (bicyclic) bond motifs is 1. The van der Waals surface area contributed by atoms with Crippen LogP contribution in [-0.2, 0) is 11.2 Å². The Balaban J connectivity index is 0.00000131. The van der Waals surface area contributed by atoms with Crippen molar-refractivity contribution in [3.8, 4) is 0 Å². The maximum atomic E-state index is 12.9. The number of hydrogen-bond acceptors (Lipinski definition) is 3. The minimum absolute atomic E-state index is 0. The first-order valence-corrected chi connectivity index (χ1v) is 9.98. The van der Waals surface area contributed by atoms with Gasteiger partial charge in [-0.25, -0.2) is 0 Å². The first-order valence-electron chi connectivity index (χ1n) is 9.98. The van der Waals surface area contributed by atoms with Gasteiger partial charge in [0.05, 0.1) is 6.04 Å². The summed E-state index contributed by atoms with van der Waals surface area (Å²) in [4.78, 5) is 17.5. The van der Waals surface area contributed by atoms with Gasteiger partial charge in [0.2, 0.25) is 5.91 Å². The predicted octanol–water partition coefficient (Wildman–Crippen LogP) is 2.85. The maximum absolute atomic E-state index is 12.9. The summed E-state index contributed by atoms with van der Waals surface area (Å²) >= 11 is 0. The SMILES string of the molecule is CC(C(=O)N1C[C@H]2CNC[C@H]2C1)N1CCC(Cc2ccccc2)CC1.Cl.Cl. The summed E-state index contributed by atoms with van der Waals surface area (Å²) in [6, 6.07) is 10.9. The Morgan fingerprint density at radius 1 is 1.07 bits per heavy atom. The molecule has 27 heavy (non-hydrogen) atoms. The van der Waals surface area contributed by atoms with E-state index in [1.54, 1.807) is 0 Å². The van der Waals surface area contributed by atoms with Gasteiger partial charge in [-0.05, 0) is 62.6 Å². The number of carbonyl (C=O) groups is 1. The normalized spacial score (nSPS) is 26.8. The van der Waals surface area contributed by atoms with Crippen molar-refractivity contribution in [3.05, 3.63) is 35.9 Å². The number of likely N-dealkylation sites (tertiary alicyclic amines) is 2. The molecule has 3 saturated heterocycles.